The van der Waals surface area contributed by atoms with Crippen molar-refractivity contribution in [1.82, 2.24) is 4.90 Å². The molecule has 2 aliphatic heterocycles. The van der Waals surface area contributed by atoms with Gasteiger partial charge in [0.1, 0.15) is 0 Å². The number of piperidine rings is 1. The van der Waals surface area contributed by atoms with Crippen LogP contribution >= 0.6 is 34.4 Å². The number of hydrogen-bond acceptors (Lipinski definition) is 2. The molecule has 0 radical (unpaired) electrons. The number of halogens is 1. The highest BCUT2D eigenvalue weighted by Gasteiger charge is 2.30. The van der Waals surface area contributed by atoms with Crippen LogP contribution in [0.5, 0.6) is 0 Å². The SMILES string of the molecule is Ic1cccc(CN2CC3CSCC(C3)C2)c1. The van der Waals surface area contributed by atoms with E-state index in [1.54, 1.807) is 0 Å². The second-order valence-corrected chi connectivity index (χ2v) is 7.65. The fourth-order valence-corrected chi connectivity index (χ4v) is 4.98. The molecule has 2 bridgehead atoms. The summed E-state index contributed by atoms with van der Waals surface area (Å²) in [6.45, 7) is 3.78. The van der Waals surface area contributed by atoms with Crippen molar-refractivity contribution in [2.45, 2.75) is 13.0 Å². The van der Waals surface area contributed by atoms with Gasteiger partial charge in [-0.2, -0.15) is 11.8 Å². The van der Waals surface area contributed by atoms with Gasteiger partial charge >= 0.3 is 0 Å². The second-order valence-electron chi connectivity index (χ2n) is 5.33. The van der Waals surface area contributed by atoms with Crippen LogP contribution in [0.3, 0.4) is 0 Å². The molecule has 2 unspecified atom stereocenters. The molecule has 0 N–H and O–H groups in total. The minimum atomic E-state index is 0.954. The molecule has 2 heterocycles. The van der Waals surface area contributed by atoms with Gasteiger partial charge < -0.3 is 0 Å². The molecule has 1 aromatic rings. The van der Waals surface area contributed by atoms with Gasteiger partial charge in [0.25, 0.3) is 0 Å². The fraction of sp³-hybridized carbons (Fsp3) is 0.571. The minimum absolute atomic E-state index is 0.954. The lowest BCUT2D eigenvalue weighted by Gasteiger charge is -2.41. The molecule has 1 nitrogen and oxygen atoms in total. The smallest absolute Gasteiger partial charge is 0.0234 e. The van der Waals surface area contributed by atoms with Crippen LogP contribution in [0.1, 0.15) is 12.0 Å². The van der Waals surface area contributed by atoms with Crippen LogP contribution in [-0.2, 0) is 6.54 Å². The van der Waals surface area contributed by atoms with Gasteiger partial charge in [-0.05, 0) is 70.0 Å². The van der Waals surface area contributed by atoms with Gasteiger partial charge in [-0.1, -0.05) is 12.1 Å². The first-order valence-corrected chi connectivity index (χ1v) is 8.57. The van der Waals surface area contributed by atoms with Gasteiger partial charge in [0.05, 0.1) is 0 Å². The molecule has 3 rings (SSSR count). The maximum Gasteiger partial charge on any atom is 0.0234 e. The summed E-state index contributed by atoms with van der Waals surface area (Å²) in [5.41, 5.74) is 1.48. The van der Waals surface area contributed by atoms with E-state index in [-0.39, 0.29) is 0 Å². The quantitative estimate of drug-likeness (QED) is 0.744. The number of thioether (sulfide) groups is 1. The minimum Gasteiger partial charge on any atom is -0.298 e. The van der Waals surface area contributed by atoms with E-state index in [0.717, 1.165) is 18.4 Å². The maximum absolute atomic E-state index is 2.67. The summed E-state index contributed by atoms with van der Waals surface area (Å²) in [7, 11) is 0. The summed E-state index contributed by atoms with van der Waals surface area (Å²) in [4.78, 5) is 2.67. The molecule has 17 heavy (non-hydrogen) atoms. The summed E-state index contributed by atoms with van der Waals surface area (Å²) in [5, 5.41) is 0. The van der Waals surface area contributed by atoms with Crippen molar-refractivity contribution < 1.29 is 0 Å². The highest BCUT2D eigenvalue weighted by atomic mass is 127. The molecule has 3 heteroatoms. The van der Waals surface area contributed by atoms with E-state index in [2.05, 4.69) is 63.5 Å². The Kier molecular flexibility index (Phi) is 3.97. The van der Waals surface area contributed by atoms with Crippen molar-refractivity contribution in [1.29, 1.82) is 0 Å². The predicted molar refractivity (Wildman–Crippen MR) is 83.4 cm³/mol. The summed E-state index contributed by atoms with van der Waals surface area (Å²) >= 11 is 4.57. The van der Waals surface area contributed by atoms with Crippen LogP contribution in [0.15, 0.2) is 24.3 Å². The first-order chi connectivity index (χ1) is 8.29. The van der Waals surface area contributed by atoms with Crippen LogP contribution in [0.25, 0.3) is 0 Å². The third-order valence-electron chi connectivity index (χ3n) is 3.70. The number of fused-ring (bicyclic) bond motifs is 2. The zero-order valence-electron chi connectivity index (χ0n) is 9.94. The van der Waals surface area contributed by atoms with E-state index in [1.807, 2.05) is 0 Å². The van der Waals surface area contributed by atoms with E-state index in [4.69, 9.17) is 0 Å². The van der Waals surface area contributed by atoms with Gasteiger partial charge in [-0.15, -0.1) is 0 Å². The largest absolute Gasteiger partial charge is 0.298 e. The number of benzene rings is 1. The Hall–Kier alpha value is 0.260. The second kappa shape index (κ2) is 5.49. The molecule has 0 aliphatic carbocycles. The Morgan fingerprint density at radius 2 is 2.00 bits per heavy atom. The van der Waals surface area contributed by atoms with Gasteiger partial charge in [-0.25, -0.2) is 0 Å². The van der Waals surface area contributed by atoms with Crippen molar-refractivity contribution in [2.75, 3.05) is 24.6 Å². The summed E-state index contributed by atoms with van der Waals surface area (Å²) in [6, 6.07) is 8.93. The van der Waals surface area contributed by atoms with Gasteiger partial charge in [0.15, 0.2) is 0 Å². The highest BCUT2D eigenvalue weighted by molar-refractivity contribution is 14.1. The molecule has 0 saturated carbocycles. The van der Waals surface area contributed by atoms with Gasteiger partial charge in [0, 0.05) is 23.2 Å². The Morgan fingerprint density at radius 3 is 2.71 bits per heavy atom. The van der Waals surface area contributed by atoms with E-state index < -0.39 is 0 Å². The Balaban J connectivity index is 1.65. The third kappa shape index (κ3) is 3.18. The Labute approximate surface area is 121 Å². The average molecular weight is 359 g/mol. The molecule has 2 atom stereocenters. The average Bonchev–Trinajstić information content (AvgIpc) is 2.28. The first-order valence-electron chi connectivity index (χ1n) is 6.34. The number of likely N-dealkylation sites (tertiary alicyclic amines) is 1. The van der Waals surface area contributed by atoms with Gasteiger partial charge in [-0.3, -0.25) is 4.90 Å². The summed E-state index contributed by atoms with van der Waals surface area (Å²) in [5.74, 6) is 4.68. The molecular formula is C14H18INS. The van der Waals surface area contributed by atoms with Crippen molar-refractivity contribution in [3.8, 4) is 0 Å². The number of nitrogens with zero attached hydrogens (tertiary/aromatic N) is 1. The lowest BCUT2D eigenvalue weighted by Crippen LogP contribution is -2.43. The third-order valence-corrected chi connectivity index (χ3v) is 5.79. The lowest BCUT2D eigenvalue weighted by atomic mass is 9.91. The standard InChI is InChI=1S/C14H18INS/c15-14-3-1-2-11(5-14)6-16-7-12-4-13(8-16)10-17-9-12/h1-3,5,12-13H,4,6-10H2. The van der Waals surface area contributed by atoms with Crippen molar-refractivity contribution in [3.05, 3.63) is 33.4 Å². The normalized spacial score (nSPS) is 29.2. The molecular weight excluding hydrogens is 341 g/mol. The zero-order chi connectivity index (χ0) is 11.7. The van der Waals surface area contributed by atoms with Crippen molar-refractivity contribution in [3.63, 3.8) is 0 Å². The fourth-order valence-electron chi connectivity index (χ4n) is 3.09. The van der Waals surface area contributed by atoms with Crippen LogP contribution in [0, 0.1) is 15.4 Å². The van der Waals surface area contributed by atoms with E-state index in [0.29, 0.717) is 0 Å². The Bertz CT molecular complexity index is 384. The molecule has 0 spiro atoms. The van der Waals surface area contributed by atoms with E-state index >= 15 is 0 Å². The monoisotopic (exact) mass is 359 g/mol. The molecule has 0 aromatic heterocycles. The molecule has 92 valence electrons. The van der Waals surface area contributed by atoms with Crippen molar-refractivity contribution in [2.24, 2.45) is 11.8 Å². The molecule has 2 saturated heterocycles. The molecule has 2 fully saturated rings. The molecule has 1 aromatic carbocycles. The zero-order valence-corrected chi connectivity index (χ0v) is 12.9. The van der Waals surface area contributed by atoms with Crippen LogP contribution in [-0.4, -0.2) is 29.5 Å². The van der Waals surface area contributed by atoms with Gasteiger partial charge in [0.2, 0.25) is 0 Å². The first kappa shape index (κ1) is 12.3. The molecule has 0 amide bonds. The van der Waals surface area contributed by atoms with E-state index in [1.165, 1.54) is 40.1 Å². The maximum atomic E-state index is 2.67. The summed E-state index contributed by atoms with van der Waals surface area (Å²) < 4.78 is 1.35. The highest BCUT2D eigenvalue weighted by Crippen LogP contribution is 2.33. The lowest BCUT2D eigenvalue weighted by molar-refractivity contribution is 0.133. The molecule has 2 aliphatic rings. The van der Waals surface area contributed by atoms with Crippen LogP contribution in [0.2, 0.25) is 0 Å². The summed E-state index contributed by atoms with van der Waals surface area (Å²) in [6.07, 6.45) is 1.48. The number of hydrogen-bond donors (Lipinski definition) is 0. The van der Waals surface area contributed by atoms with Crippen LogP contribution in [0.4, 0.5) is 0 Å². The Morgan fingerprint density at radius 1 is 1.24 bits per heavy atom. The van der Waals surface area contributed by atoms with Crippen molar-refractivity contribution >= 4 is 34.4 Å². The predicted octanol–water partition coefficient (Wildman–Crippen LogP) is 3.48. The number of rotatable bonds is 2. The van der Waals surface area contributed by atoms with Crippen LogP contribution < -0.4 is 0 Å². The van der Waals surface area contributed by atoms with E-state index in [9.17, 15) is 0 Å². The topological polar surface area (TPSA) is 3.24 Å².